The number of carbonyl (C=O) groups excluding carboxylic acids is 1. The number of benzene rings is 1. The zero-order chi connectivity index (χ0) is 15.5. The highest BCUT2D eigenvalue weighted by Crippen LogP contribution is 2.38. The van der Waals surface area contributed by atoms with Gasteiger partial charge in [-0.2, -0.15) is 0 Å². The zero-order valence-electron chi connectivity index (χ0n) is 11.9. The third kappa shape index (κ3) is 2.94. The molecule has 1 fully saturated rings. The second-order valence-corrected chi connectivity index (χ2v) is 5.33. The number of amides is 1. The molecule has 0 heterocycles. The maximum atomic E-state index is 12.1. The van der Waals surface area contributed by atoms with Crippen LogP contribution in [0.4, 0.5) is 0 Å². The summed E-state index contributed by atoms with van der Waals surface area (Å²) < 4.78 is 4.95. The summed E-state index contributed by atoms with van der Waals surface area (Å²) in [6.45, 7) is 0.0673. The topological polar surface area (TPSA) is 95.9 Å². The molecule has 3 N–H and O–H groups in total. The first-order valence-corrected chi connectivity index (χ1v) is 6.88. The van der Waals surface area contributed by atoms with Crippen molar-refractivity contribution in [1.29, 1.82) is 0 Å². The quantitative estimate of drug-likeness (QED) is 0.769. The number of hydrogen-bond acceptors (Lipinski definition) is 4. The van der Waals surface area contributed by atoms with Gasteiger partial charge in [0, 0.05) is 6.54 Å². The van der Waals surface area contributed by atoms with Gasteiger partial charge < -0.3 is 20.3 Å². The second-order valence-electron chi connectivity index (χ2n) is 5.33. The number of carboxylic acids is 1. The number of methoxy groups -OCH3 is 1. The molecule has 0 radical (unpaired) electrons. The van der Waals surface area contributed by atoms with E-state index in [9.17, 15) is 19.8 Å². The molecule has 6 nitrogen and oxygen atoms in total. The number of nitrogens with one attached hydrogen (secondary N) is 1. The number of para-hydroxylation sites is 1. The summed E-state index contributed by atoms with van der Waals surface area (Å²) in [7, 11) is 1.40. The lowest BCUT2D eigenvalue weighted by Crippen LogP contribution is -2.41. The Labute approximate surface area is 122 Å². The van der Waals surface area contributed by atoms with Crippen LogP contribution in [0.2, 0.25) is 0 Å². The Kier molecular flexibility index (Phi) is 4.35. The van der Waals surface area contributed by atoms with Gasteiger partial charge in [-0.3, -0.25) is 9.59 Å². The van der Waals surface area contributed by atoms with E-state index in [2.05, 4.69) is 5.32 Å². The van der Waals surface area contributed by atoms with Gasteiger partial charge in [-0.25, -0.2) is 0 Å². The van der Waals surface area contributed by atoms with Crippen LogP contribution in [0.25, 0.3) is 0 Å². The SMILES string of the molecule is COc1cccc(C(=O)NCC2(C(=O)O)CCCC2)c1O. The van der Waals surface area contributed by atoms with Crippen molar-refractivity contribution in [3.8, 4) is 11.5 Å². The van der Waals surface area contributed by atoms with Crippen molar-refractivity contribution in [2.75, 3.05) is 13.7 Å². The van der Waals surface area contributed by atoms with Crippen LogP contribution >= 0.6 is 0 Å². The Bertz CT molecular complexity index is 549. The Balaban J connectivity index is 2.10. The maximum Gasteiger partial charge on any atom is 0.311 e. The predicted molar refractivity (Wildman–Crippen MR) is 75.5 cm³/mol. The van der Waals surface area contributed by atoms with Crippen LogP contribution < -0.4 is 10.1 Å². The molecule has 1 aromatic carbocycles. The summed E-state index contributed by atoms with van der Waals surface area (Å²) in [6.07, 6.45) is 2.83. The molecule has 1 aliphatic rings. The van der Waals surface area contributed by atoms with E-state index >= 15 is 0 Å². The number of hydrogen-bond donors (Lipinski definition) is 3. The van der Waals surface area contributed by atoms with E-state index < -0.39 is 17.3 Å². The Morgan fingerprint density at radius 2 is 2.00 bits per heavy atom. The molecule has 0 unspecified atom stereocenters. The van der Waals surface area contributed by atoms with Crippen molar-refractivity contribution in [2.45, 2.75) is 25.7 Å². The van der Waals surface area contributed by atoms with Gasteiger partial charge in [0.05, 0.1) is 18.1 Å². The molecule has 1 amide bonds. The van der Waals surface area contributed by atoms with Gasteiger partial charge in [0.25, 0.3) is 5.91 Å². The predicted octanol–water partition coefficient (Wildman–Crippen LogP) is 1.78. The highest BCUT2D eigenvalue weighted by atomic mass is 16.5. The lowest BCUT2D eigenvalue weighted by atomic mass is 9.86. The average molecular weight is 293 g/mol. The summed E-state index contributed by atoms with van der Waals surface area (Å²) >= 11 is 0. The summed E-state index contributed by atoms with van der Waals surface area (Å²) in [5.41, 5.74) is -0.808. The smallest absolute Gasteiger partial charge is 0.311 e. The number of phenolic OH excluding ortho intramolecular Hbond substituents is 1. The van der Waals surface area contributed by atoms with Crippen LogP contribution in [0.1, 0.15) is 36.0 Å². The highest BCUT2D eigenvalue weighted by Gasteiger charge is 2.41. The van der Waals surface area contributed by atoms with Gasteiger partial charge in [-0.05, 0) is 25.0 Å². The molecule has 6 heteroatoms. The summed E-state index contributed by atoms with van der Waals surface area (Å²) in [4.78, 5) is 23.6. The van der Waals surface area contributed by atoms with Crippen molar-refractivity contribution in [1.82, 2.24) is 5.32 Å². The first-order valence-electron chi connectivity index (χ1n) is 6.88. The summed E-state index contributed by atoms with van der Waals surface area (Å²) in [6, 6.07) is 4.60. The van der Waals surface area contributed by atoms with Crippen molar-refractivity contribution >= 4 is 11.9 Å². The minimum atomic E-state index is -0.885. The fraction of sp³-hybridized carbons (Fsp3) is 0.467. The molecular weight excluding hydrogens is 274 g/mol. The molecule has 0 aliphatic heterocycles. The molecule has 1 saturated carbocycles. The van der Waals surface area contributed by atoms with Gasteiger partial charge in [-0.15, -0.1) is 0 Å². The monoisotopic (exact) mass is 293 g/mol. The van der Waals surface area contributed by atoms with E-state index in [4.69, 9.17) is 4.74 Å². The molecule has 0 saturated heterocycles. The van der Waals surface area contributed by atoms with E-state index in [1.54, 1.807) is 12.1 Å². The van der Waals surface area contributed by atoms with Crippen LogP contribution in [0.15, 0.2) is 18.2 Å². The number of carboxylic acid groups (broad SMARTS) is 1. The Hall–Kier alpha value is -2.24. The van der Waals surface area contributed by atoms with Crippen molar-refractivity contribution in [2.24, 2.45) is 5.41 Å². The first kappa shape index (κ1) is 15.2. The van der Waals surface area contributed by atoms with E-state index in [0.29, 0.717) is 12.8 Å². The van der Waals surface area contributed by atoms with Crippen LogP contribution in [0.5, 0.6) is 11.5 Å². The summed E-state index contributed by atoms with van der Waals surface area (Å²) in [5, 5.41) is 21.9. The van der Waals surface area contributed by atoms with E-state index in [1.807, 2.05) is 0 Å². The normalized spacial score (nSPS) is 16.4. The van der Waals surface area contributed by atoms with Crippen molar-refractivity contribution < 1.29 is 24.5 Å². The third-order valence-corrected chi connectivity index (χ3v) is 4.07. The standard InChI is InChI=1S/C15H19NO5/c1-21-11-6-4-5-10(12(11)17)13(18)16-9-15(14(19)20)7-2-3-8-15/h4-6,17H,2-3,7-9H2,1H3,(H,16,18)(H,19,20). The number of aromatic hydroxyl groups is 1. The average Bonchev–Trinajstić information content (AvgIpc) is 2.95. The number of phenols is 1. The molecule has 0 atom stereocenters. The van der Waals surface area contributed by atoms with E-state index in [1.165, 1.54) is 13.2 Å². The van der Waals surface area contributed by atoms with Gasteiger partial charge in [0.1, 0.15) is 0 Å². The minimum Gasteiger partial charge on any atom is -0.504 e. The van der Waals surface area contributed by atoms with Gasteiger partial charge >= 0.3 is 5.97 Å². The Morgan fingerprint density at radius 3 is 2.57 bits per heavy atom. The molecule has 2 rings (SSSR count). The number of carbonyl (C=O) groups is 2. The zero-order valence-corrected chi connectivity index (χ0v) is 11.9. The van der Waals surface area contributed by atoms with Crippen LogP contribution in [0.3, 0.4) is 0 Å². The Morgan fingerprint density at radius 1 is 1.33 bits per heavy atom. The first-order chi connectivity index (χ1) is 10.00. The third-order valence-electron chi connectivity index (χ3n) is 4.07. The van der Waals surface area contributed by atoms with Gasteiger partial charge in [0.2, 0.25) is 0 Å². The lowest BCUT2D eigenvalue weighted by molar-refractivity contribution is -0.148. The van der Waals surface area contributed by atoms with Crippen molar-refractivity contribution in [3.05, 3.63) is 23.8 Å². The molecule has 0 bridgehead atoms. The molecule has 0 spiro atoms. The fourth-order valence-electron chi connectivity index (χ4n) is 2.73. The molecule has 0 aromatic heterocycles. The molecule has 114 valence electrons. The number of aliphatic carboxylic acids is 1. The molecule has 21 heavy (non-hydrogen) atoms. The lowest BCUT2D eigenvalue weighted by Gasteiger charge is -2.24. The second kappa shape index (κ2) is 6.03. The largest absolute Gasteiger partial charge is 0.504 e. The minimum absolute atomic E-state index is 0.0673. The maximum absolute atomic E-state index is 12.1. The van der Waals surface area contributed by atoms with Crippen LogP contribution in [-0.4, -0.2) is 35.7 Å². The van der Waals surface area contributed by atoms with Crippen LogP contribution in [-0.2, 0) is 4.79 Å². The van der Waals surface area contributed by atoms with Crippen LogP contribution in [0, 0.1) is 5.41 Å². The number of rotatable bonds is 5. The van der Waals surface area contributed by atoms with E-state index in [0.717, 1.165) is 12.8 Å². The van der Waals surface area contributed by atoms with Gasteiger partial charge in [0.15, 0.2) is 11.5 Å². The van der Waals surface area contributed by atoms with E-state index in [-0.39, 0.29) is 23.6 Å². The van der Waals surface area contributed by atoms with Crippen molar-refractivity contribution in [3.63, 3.8) is 0 Å². The molecular formula is C15H19NO5. The number of ether oxygens (including phenoxy) is 1. The van der Waals surface area contributed by atoms with Gasteiger partial charge in [-0.1, -0.05) is 18.9 Å². The fourth-order valence-corrected chi connectivity index (χ4v) is 2.73. The molecule has 1 aliphatic carbocycles. The summed E-state index contributed by atoms with van der Waals surface area (Å²) in [5.74, 6) is -1.42. The highest BCUT2D eigenvalue weighted by molar-refractivity contribution is 5.97. The molecule has 1 aromatic rings.